The van der Waals surface area contributed by atoms with Crippen LogP contribution in [0.4, 0.5) is 0 Å². The molecule has 0 unspecified atom stereocenters. The Morgan fingerprint density at radius 1 is 0.641 bits per heavy atom. The summed E-state index contributed by atoms with van der Waals surface area (Å²) in [5.74, 6) is -0.00978. The predicted molar refractivity (Wildman–Crippen MR) is 180 cm³/mol. The van der Waals surface area contributed by atoms with Crippen molar-refractivity contribution >= 4 is 90.6 Å². The molecule has 0 aromatic heterocycles. The number of rotatable bonds is 11. The van der Waals surface area contributed by atoms with Gasteiger partial charge in [-0.15, -0.1) is 0 Å². The Morgan fingerprint density at radius 2 is 1.21 bits per heavy atom. The molecule has 0 heterocycles. The van der Waals surface area contributed by atoms with E-state index in [-0.39, 0.29) is 22.8 Å². The van der Waals surface area contributed by atoms with E-state index in [0.717, 1.165) is 22.0 Å². The van der Waals surface area contributed by atoms with Gasteiger partial charge in [-0.1, -0.05) is 36.4 Å². The second-order valence-electron chi connectivity index (χ2n) is 8.54. The van der Waals surface area contributed by atoms with E-state index in [1.165, 1.54) is 9.79 Å². The van der Waals surface area contributed by atoms with E-state index >= 15 is 0 Å². The van der Waals surface area contributed by atoms with Crippen molar-refractivity contribution in [2.24, 2.45) is 0 Å². The van der Waals surface area contributed by atoms with Gasteiger partial charge in [0.1, 0.15) is 5.75 Å². The zero-order valence-corrected chi connectivity index (χ0v) is 28.2. The maximum absolute atomic E-state index is 12.5. The first kappa shape index (κ1) is 30.3. The molecule has 0 radical (unpaired) electrons. The minimum absolute atomic E-state index is 0.241. The molecule has 0 aliphatic heterocycles. The van der Waals surface area contributed by atoms with Crippen molar-refractivity contribution in [3.63, 3.8) is 0 Å². The molecule has 0 bridgehead atoms. The highest BCUT2D eigenvalue weighted by molar-refractivity contribution is 14.1. The molecule has 0 N–H and O–H groups in total. The minimum atomic E-state index is -0.299. The smallest absolute Gasteiger partial charge is 0.340 e. The van der Waals surface area contributed by atoms with Crippen LogP contribution >= 0.6 is 67.8 Å². The highest BCUT2D eigenvalue weighted by Crippen LogP contribution is 2.32. The summed E-state index contributed by atoms with van der Waals surface area (Å²) in [4.78, 5) is 28.5. The molecule has 0 fully saturated rings. The SMILES string of the molecule is O=C(CCCCCOC(=O)c1c(I)ccc(I)c1I)Oc1ccc([S+](c2ccccc2)c2ccccc2)cc1. The van der Waals surface area contributed by atoms with Gasteiger partial charge in [-0.2, -0.15) is 0 Å². The second-order valence-corrected chi connectivity index (χ2v) is 14.0. The van der Waals surface area contributed by atoms with E-state index in [1.54, 1.807) is 0 Å². The maximum Gasteiger partial charge on any atom is 0.340 e. The van der Waals surface area contributed by atoms with Crippen molar-refractivity contribution < 1.29 is 19.1 Å². The molecule has 0 amide bonds. The maximum atomic E-state index is 12.5. The number of hydrogen-bond donors (Lipinski definition) is 0. The Labute approximate surface area is 273 Å². The van der Waals surface area contributed by atoms with Crippen molar-refractivity contribution in [3.8, 4) is 5.75 Å². The number of carbonyl (C=O) groups is 2. The van der Waals surface area contributed by atoms with Gasteiger partial charge in [0.25, 0.3) is 0 Å². The molecule has 0 saturated carbocycles. The van der Waals surface area contributed by atoms with E-state index in [1.807, 2.05) is 48.5 Å². The average molecular weight is 875 g/mol. The molecular formula is C31H26I3O4S+. The van der Waals surface area contributed by atoms with Crippen LogP contribution in [0.5, 0.6) is 5.75 Å². The molecule has 0 atom stereocenters. The van der Waals surface area contributed by atoms with Crippen LogP contribution in [0.15, 0.2) is 112 Å². The molecule has 4 aromatic rings. The van der Waals surface area contributed by atoms with Crippen LogP contribution in [0.1, 0.15) is 36.0 Å². The normalized spacial score (nSPS) is 10.9. The molecule has 4 aromatic carbocycles. The quantitative estimate of drug-likeness (QED) is 0.0378. The largest absolute Gasteiger partial charge is 0.462 e. The Hall–Kier alpha value is -1.64. The lowest BCUT2D eigenvalue weighted by molar-refractivity contribution is -0.134. The van der Waals surface area contributed by atoms with E-state index in [9.17, 15) is 9.59 Å². The van der Waals surface area contributed by atoms with Gasteiger partial charge in [-0.05, 0) is 148 Å². The zero-order chi connectivity index (χ0) is 27.6. The van der Waals surface area contributed by atoms with Crippen LogP contribution in [0, 0.1) is 10.7 Å². The molecule has 0 saturated heterocycles. The molecule has 200 valence electrons. The summed E-state index contributed by atoms with van der Waals surface area (Å²) in [6.45, 7) is 0.331. The lowest BCUT2D eigenvalue weighted by atomic mass is 10.2. The number of benzene rings is 4. The van der Waals surface area contributed by atoms with Crippen LogP contribution in [0.25, 0.3) is 0 Å². The summed E-state index contributed by atoms with van der Waals surface area (Å²) in [6, 6.07) is 32.6. The van der Waals surface area contributed by atoms with Crippen molar-refractivity contribution in [1.29, 1.82) is 0 Å². The van der Waals surface area contributed by atoms with E-state index in [0.29, 0.717) is 37.2 Å². The molecule has 0 aliphatic rings. The first-order valence-corrected chi connectivity index (χ1v) is 16.9. The minimum Gasteiger partial charge on any atom is -0.462 e. The number of halogens is 3. The summed E-state index contributed by atoms with van der Waals surface area (Å²) in [5, 5.41) is 0. The summed E-state index contributed by atoms with van der Waals surface area (Å²) in [6.07, 6.45) is 2.48. The Bertz CT molecular complexity index is 1360. The van der Waals surface area contributed by atoms with Crippen molar-refractivity contribution in [2.45, 2.75) is 40.4 Å². The van der Waals surface area contributed by atoms with Gasteiger partial charge in [0, 0.05) is 17.1 Å². The highest BCUT2D eigenvalue weighted by Gasteiger charge is 2.28. The number of esters is 2. The molecule has 39 heavy (non-hydrogen) atoms. The summed E-state index contributed by atoms with van der Waals surface area (Å²) in [7, 11) is -0.241. The van der Waals surface area contributed by atoms with Gasteiger partial charge >= 0.3 is 11.9 Å². The Morgan fingerprint density at radius 3 is 1.82 bits per heavy atom. The Kier molecular flexibility index (Phi) is 12.0. The van der Waals surface area contributed by atoms with Crippen LogP contribution in [-0.4, -0.2) is 18.5 Å². The van der Waals surface area contributed by atoms with Gasteiger partial charge in [0.15, 0.2) is 14.7 Å². The number of hydrogen-bond acceptors (Lipinski definition) is 4. The third-order valence-corrected chi connectivity index (χ3v) is 11.9. The molecular weight excluding hydrogens is 849 g/mol. The second kappa shape index (κ2) is 15.4. The fourth-order valence-corrected chi connectivity index (χ4v) is 8.26. The van der Waals surface area contributed by atoms with E-state index in [4.69, 9.17) is 9.47 Å². The zero-order valence-electron chi connectivity index (χ0n) is 20.9. The number of carbonyl (C=O) groups excluding carboxylic acids is 2. The van der Waals surface area contributed by atoms with Crippen molar-refractivity contribution in [3.05, 3.63) is 113 Å². The van der Waals surface area contributed by atoms with Crippen LogP contribution in [-0.2, 0) is 20.4 Å². The average Bonchev–Trinajstić information content (AvgIpc) is 2.95. The van der Waals surface area contributed by atoms with E-state index < -0.39 is 0 Å². The fraction of sp³-hybridized carbons (Fsp3) is 0.161. The predicted octanol–water partition coefficient (Wildman–Crippen LogP) is 8.92. The monoisotopic (exact) mass is 875 g/mol. The van der Waals surface area contributed by atoms with E-state index in [2.05, 4.69) is 116 Å². The van der Waals surface area contributed by atoms with Gasteiger partial charge in [-0.3, -0.25) is 4.79 Å². The molecule has 0 spiro atoms. The van der Waals surface area contributed by atoms with Crippen LogP contribution in [0.3, 0.4) is 0 Å². The van der Waals surface area contributed by atoms with Gasteiger partial charge in [0.05, 0.1) is 23.1 Å². The topological polar surface area (TPSA) is 52.6 Å². The molecule has 8 heteroatoms. The molecule has 4 rings (SSSR count). The third kappa shape index (κ3) is 8.67. The lowest BCUT2D eigenvalue weighted by Gasteiger charge is -2.10. The van der Waals surface area contributed by atoms with Crippen LogP contribution < -0.4 is 4.74 Å². The first-order valence-electron chi connectivity index (χ1n) is 12.4. The standard InChI is InChI=1S/C31H26I3O4S/c32-26-19-20-27(33)30(34)29(26)31(36)37-21-9-3-8-14-28(35)38-22-15-17-25(18-16-22)39(23-10-4-1-5-11-23)24-12-6-2-7-13-24/h1-2,4-7,10-13,15-20H,3,8-9,14,21H2/q+1. The first-order chi connectivity index (χ1) is 18.9. The highest BCUT2D eigenvalue weighted by atomic mass is 127. The van der Waals surface area contributed by atoms with Crippen molar-refractivity contribution in [1.82, 2.24) is 0 Å². The summed E-state index contributed by atoms with van der Waals surface area (Å²) < 4.78 is 13.9. The molecule has 0 aliphatic carbocycles. The summed E-state index contributed by atoms with van der Waals surface area (Å²) in [5.41, 5.74) is 0.622. The van der Waals surface area contributed by atoms with Gasteiger partial charge in [-0.25, -0.2) is 4.79 Å². The summed E-state index contributed by atoms with van der Waals surface area (Å²) >= 11 is 6.56. The Balaban J connectivity index is 1.24. The fourth-order valence-electron chi connectivity index (χ4n) is 3.85. The number of unbranched alkanes of at least 4 members (excludes halogenated alkanes) is 2. The molecule has 4 nitrogen and oxygen atoms in total. The van der Waals surface area contributed by atoms with Crippen molar-refractivity contribution in [2.75, 3.05) is 6.61 Å². The van der Waals surface area contributed by atoms with Gasteiger partial charge < -0.3 is 9.47 Å². The van der Waals surface area contributed by atoms with Gasteiger partial charge in [0.2, 0.25) is 0 Å². The number of ether oxygens (including phenoxy) is 2. The lowest BCUT2D eigenvalue weighted by Crippen LogP contribution is -2.11. The third-order valence-electron chi connectivity index (χ3n) is 5.76. The van der Waals surface area contributed by atoms with Crippen LogP contribution in [0.2, 0.25) is 0 Å².